The van der Waals surface area contributed by atoms with Gasteiger partial charge in [-0.3, -0.25) is 14.5 Å². The molecule has 4 atom stereocenters. The van der Waals surface area contributed by atoms with E-state index in [1.807, 2.05) is 87.5 Å². The Kier molecular flexibility index (Phi) is 12.0. The van der Waals surface area contributed by atoms with Crippen molar-refractivity contribution in [1.82, 2.24) is 15.4 Å². The van der Waals surface area contributed by atoms with Gasteiger partial charge >= 0.3 is 0 Å². The van der Waals surface area contributed by atoms with Crippen LogP contribution in [0.3, 0.4) is 0 Å². The number of aliphatic hydroxyl groups excluding tert-OH is 1. The molecule has 0 aliphatic heterocycles. The zero-order valence-electron chi connectivity index (χ0n) is 34.4. The number of nitrogens with zero attached hydrogens (tertiary/aromatic N) is 2. The molecule has 1 aromatic heterocycles. The summed E-state index contributed by atoms with van der Waals surface area (Å²) >= 11 is 0. The van der Waals surface area contributed by atoms with Gasteiger partial charge in [-0.25, -0.2) is 8.78 Å². The van der Waals surface area contributed by atoms with Crippen molar-refractivity contribution in [2.24, 2.45) is 17.3 Å². The molecule has 0 unspecified atom stereocenters. The lowest BCUT2D eigenvalue weighted by Gasteiger charge is -2.55. The van der Waals surface area contributed by atoms with Gasteiger partial charge in [0.15, 0.2) is 37.1 Å². The largest absolute Gasteiger partial charge is 0.508 e. The second-order valence-corrected chi connectivity index (χ2v) is 23.0. The van der Waals surface area contributed by atoms with E-state index in [9.17, 15) is 5.11 Å². The number of carbonyl (C=O) groups excluding carboxylic acids is 2. The Morgan fingerprint density at radius 2 is 1.63 bits per heavy atom. The molecule has 0 fully saturated rings. The maximum absolute atomic E-state index is 16.4. The number of carbonyl (C=O) groups is 2. The number of rotatable bonds is 14. The normalized spacial score (nSPS) is 23.0. The first-order valence-corrected chi connectivity index (χ1v) is 22.4. The Morgan fingerprint density at radius 3 is 2.20 bits per heavy atom. The monoisotopic (exact) mass is 773 g/mol. The summed E-state index contributed by atoms with van der Waals surface area (Å²) in [5, 5.41) is 19.9. The molecular weight excluding hydrogens is 713 g/mol. The van der Waals surface area contributed by atoms with Crippen molar-refractivity contribution in [1.29, 1.82) is 0 Å². The molecule has 3 aliphatic rings. The molecule has 3 aliphatic carbocycles. The summed E-state index contributed by atoms with van der Waals surface area (Å²) in [6, 6.07) is -0.649. The van der Waals surface area contributed by atoms with Crippen molar-refractivity contribution in [3.05, 3.63) is 51.0 Å². The van der Waals surface area contributed by atoms with Crippen LogP contribution in [0.4, 0.5) is 8.78 Å². The molecule has 1 heterocycles. The molecule has 0 spiro atoms. The molecule has 0 saturated carbocycles. The lowest BCUT2D eigenvalue weighted by atomic mass is 9.58. The first kappa shape index (κ1) is 42.0. The van der Waals surface area contributed by atoms with Crippen LogP contribution in [0, 0.1) is 28.9 Å². The van der Waals surface area contributed by atoms with E-state index in [2.05, 4.69) is 10.5 Å². The highest BCUT2D eigenvalue weighted by atomic mass is 28.4. The summed E-state index contributed by atoms with van der Waals surface area (Å²) in [4.78, 5) is 32.3. The number of fused-ring (bicyclic) bond motifs is 4. The summed E-state index contributed by atoms with van der Waals surface area (Å²) in [5.41, 5.74) is -2.39. The van der Waals surface area contributed by atoms with E-state index in [0.717, 1.165) is 19.3 Å². The number of Topliss-reactive ketones (excluding diaryl/α,β-unsaturated/α-hetero) is 2. The van der Waals surface area contributed by atoms with Crippen LogP contribution in [-0.2, 0) is 17.4 Å². The van der Waals surface area contributed by atoms with Crippen LogP contribution in [0.15, 0.2) is 15.9 Å². The standard InChI is InChI=1S/C41H61F2N3O7Si/c1-13-15-17-50-34-25(21-44-22-39(3,4)5)31(43)30(42)24-19-23-20-26-32(46(9)10)35-29(38(45-52-35)51-18-16-14-2)37(49)41(26,53-54(11,12)40(6,7)8)36(48)27(23)33(47)28(24)34/h23,26,32,44,48H,13-22H2,1-12H3/t23-,26-,32-,41-/m0/s1. The highest BCUT2D eigenvalue weighted by Crippen LogP contribution is 2.60. The zero-order chi connectivity index (χ0) is 40.1. The van der Waals surface area contributed by atoms with Crippen molar-refractivity contribution in [3.8, 4) is 11.6 Å². The predicted molar refractivity (Wildman–Crippen MR) is 206 cm³/mol. The first-order chi connectivity index (χ1) is 25.1. The summed E-state index contributed by atoms with van der Waals surface area (Å²) in [5.74, 6) is -5.20. The molecule has 0 radical (unpaired) electrons. The third-order valence-electron chi connectivity index (χ3n) is 11.6. The van der Waals surface area contributed by atoms with Gasteiger partial charge in [-0.2, -0.15) is 0 Å². The highest BCUT2D eigenvalue weighted by Gasteiger charge is 2.67. The maximum atomic E-state index is 16.4. The van der Waals surface area contributed by atoms with Gasteiger partial charge in [0.1, 0.15) is 17.1 Å². The number of ketones is 2. The van der Waals surface area contributed by atoms with Crippen molar-refractivity contribution in [3.63, 3.8) is 0 Å². The van der Waals surface area contributed by atoms with E-state index in [0.29, 0.717) is 19.6 Å². The van der Waals surface area contributed by atoms with Crippen LogP contribution in [0.1, 0.15) is 131 Å². The average molecular weight is 774 g/mol. The Morgan fingerprint density at radius 1 is 1.00 bits per heavy atom. The number of allylic oxidation sites excluding steroid dienone is 1. The SMILES string of the molecule is CCCCOc1noc2c1C(=O)[C@@]1(O[Si](C)(C)C(C)(C)C)C(O)=C3C(=O)c4c(c(F)c(F)c(CNCC(C)(C)C)c4OCCCC)C[C@H]3C[C@H]1[C@@H]2N(C)C. The van der Waals surface area contributed by atoms with Crippen LogP contribution >= 0.6 is 0 Å². The number of nitrogens with one attached hydrogen (secondary N) is 1. The Balaban J connectivity index is 1.78. The van der Waals surface area contributed by atoms with Crippen molar-refractivity contribution in [2.75, 3.05) is 33.9 Å². The number of unbranched alkanes of at least 4 members (excludes halogenated alkanes) is 2. The predicted octanol–water partition coefficient (Wildman–Crippen LogP) is 8.89. The van der Waals surface area contributed by atoms with Gasteiger partial charge in [0.25, 0.3) is 5.88 Å². The zero-order valence-corrected chi connectivity index (χ0v) is 35.4. The third kappa shape index (κ3) is 7.30. The van der Waals surface area contributed by atoms with Gasteiger partial charge in [0.05, 0.1) is 24.8 Å². The van der Waals surface area contributed by atoms with Crippen molar-refractivity contribution >= 4 is 19.9 Å². The molecule has 2 aromatic rings. The van der Waals surface area contributed by atoms with Crippen LogP contribution in [0.5, 0.6) is 11.6 Å². The molecule has 1 aromatic carbocycles. The van der Waals surface area contributed by atoms with Crippen LogP contribution in [-0.4, -0.2) is 74.5 Å². The van der Waals surface area contributed by atoms with E-state index >= 15 is 18.4 Å². The molecular formula is C41H61F2N3O7Si. The van der Waals surface area contributed by atoms with Crippen molar-refractivity contribution in [2.45, 2.75) is 130 Å². The fourth-order valence-electron chi connectivity index (χ4n) is 7.84. The summed E-state index contributed by atoms with van der Waals surface area (Å²) in [6.07, 6.45) is 3.04. The number of hydrogen-bond donors (Lipinski definition) is 2. The van der Waals surface area contributed by atoms with E-state index in [-0.39, 0.29) is 76.6 Å². The van der Waals surface area contributed by atoms with Gasteiger partial charge < -0.3 is 28.8 Å². The Bertz CT molecular complexity index is 1790. The molecule has 5 rings (SSSR count). The van der Waals surface area contributed by atoms with Crippen LogP contribution < -0.4 is 14.8 Å². The minimum absolute atomic E-state index is 0.0174. The van der Waals surface area contributed by atoms with Gasteiger partial charge in [-0.15, -0.1) is 0 Å². The van der Waals surface area contributed by atoms with E-state index < -0.39 is 65.8 Å². The van der Waals surface area contributed by atoms with Gasteiger partial charge in [-0.05, 0) is 74.4 Å². The van der Waals surface area contributed by atoms with Crippen LogP contribution in [0.2, 0.25) is 18.1 Å². The molecule has 0 bridgehead atoms. The summed E-state index contributed by atoms with van der Waals surface area (Å²) < 4.78 is 57.8. The quantitative estimate of drug-likeness (QED) is 0.142. The molecule has 0 saturated heterocycles. The van der Waals surface area contributed by atoms with Crippen molar-refractivity contribution < 1.29 is 41.9 Å². The average Bonchev–Trinajstić information content (AvgIpc) is 3.48. The van der Waals surface area contributed by atoms with E-state index in [1.165, 1.54) is 0 Å². The van der Waals surface area contributed by atoms with Gasteiger partial charge in [-0.1, -0.05) is 68.2 Å². The lowest BCUT2D eigenvalue weighted by Crippen LogP contribution is -2.65. The minimum atomic E-state index is -2.93. The molecule has 300 valence electrons. The Hall–Kier alpha value is -3.13. The number of hydrogen-bond acceptors (Lipinski definition) is 10. The van der Waals surface area contributed by atoms with Gasteiger partial charge in [0.2, 0.25) is 5.78 Å². The van der Waals surface area contributed by atoms with Crippen LogP contribution in [0.25, 0.3) is 0 Å². The minimum Gasteiger partial charge on any atom is -0.508 e. The summed E-state index contributed by atoms with van der Waals surface area (Å²) in [7, 11) is 0.748. The second kappa shape index (κ2) is 15.4. The summed E-state index contributed by atoms with van der Waals surface area (Å²) in [6.45, 7) is 21.1. The molecule has 54 heavy (non-hydrogen) atoms. The van der Waals surface area contributed by atoms with Gasteiger partial charge in [0, 0.05) is 35.7 Å². The number of aliphatic hydroxyl groups is 1. The smallest absolute Gasteiger partial charge is 0.265 e. The molecule has 13 heteroatoms. The fraction of sp³-hybridized carbons (Fsp3) is 0.683. The maximum Gasteiger partial charge on any atom is 0.265 e. The van der Waals surface area contributed by atoms with E-state index in [4.69, 9.17) is 18.4 Å². The van der Waals surface area contributed by atoms with E-state index in [1.54, 1.807) is 0 Å². The molecule has 0 amide bonds. The number of aromatic nitrogens is 1. The fourth-order valence-corrected chi connectivity index (χ4v) is 9.29. The second-order valence-electron chi connectivity index (χ2n) is 18.3. The lowest BCUT2D eigenvalue weighted by molar-refractivity contribution is -0.0481. The Labute approximate surface area is 320 Å². The number of ether oxygens (including phenoxy) is 2. The molecule has 2 N–H and O–H groups in total. The highest BCUT2D eigenvalue weighted by molar-refractivity contribution is 6.74. The first-order valence-electron chi connectivity index (χ1n) is 19.5. The third-order valence-corrected chi connectivity index (χ3v) is 16.1. The number of halogens is 2. The topological polar surface area (TPSA) is 123 Å². The number of benzene rings is 1. The molecule has 10 nitrogen and oxygen atoms in total.